The van der Waals surface area contributed by atoms with Crippen LogP contribution in [0.2, 0.25) is 0 Å². The molecule has 0 spiro atoms. The number of rotatable bonds is 2. The van der Waals surface area contributed by atoms with Crippen LogP contribution in [0.15, 0.2) is 12.4 Å². The zero-order valence-corrected chi connectivity index (χ0v) is 12.2. The van der Waals surface area contributed by atoms with Crippen molar-refractivity contribution < 1.29 is 4.79 Å². The van der Waals surface area contributed by atoms with E-state index in [1.165, 1.54) is 5.56 Å². The van der Waals surface area contributed by atoms with Crippen molar-refractivity contribution in [1.29, 1.82) is 0 Å². The quantitative estimate of drug-likeness (QED) is 0.871. The molecule has 0 saturated carbocycles. The van der Waals surface area contributed by atoms with Crippen molar-refractivity contribution in [3.63, 3.8) is 0 Å². The molecule has 0 bridgehead atoms. The van der Waals surface area contributed by atoms with Crippen LogP contribution in [0.1, 0.15) is 37.5 Å². The first-order valence-corrected chi connectivity index (χ1v) is 6.51. The normalized spacial score (nSPS) is 11.8. The monoisotopic (exact) mass is 259 g/mol. The smallest absolute Gasteiger partial charge is 0.225 e. The second-order valence-corrected chi connectivity index (χ2v) is 6.05. The van der Waals surface area contributed by atoms with Gasteiger partial charge in [0.05, 0.1) is 17.4 Å². The minimum Gasteiger partial charge on any atom is -0.351 e. The molecule has 1 aromatic carbocycles. The molecule has 1 heterocycles. The highest BCUT2D eigenvalue weighted by Crippen LogP contribution is 2.23. The number of carbonyl (C=O) groups is 1. The molecule has 102 valence electrons. The van der Waals surface area contributed by atoms with Gasteiger partial charge in [-0.15, -0.1) is 0 Å². The lowest BCUT2D eigenvalue weighted by Crippen LogP contribution is -2.34. The largest absolute Gasteiger partial charge is 0.351 e. The van der Waals surface area contributed by atoms with Crippen LogP contribution in [0.4, 0.5) is 0 Å². The van der Waals surface area contributed by atoms with E-state index in [0.717, 1.165) is 22.2 Å². The van der Waals surface area contributed by atoms with Gasteiger partial charge in [0.15, 0.2) is 0 Å². The number of fused-ring (bicyclic) bond motifs is 1. The predicted octanol–water partition coefficient (Wildman–Crippen LogP) is 2.84. The SMILES string of the molecule is Cc1cc(C)c2nc[nH]c2c1CNC(=O)C(C)(C)C. The van der Waals surface area contributed by atoms with Crippen LogP contribution in [0, 0.1) is 19.3 Å². The molecule has 0 aliphatic heterocycles. The highest BCUT2D eigenvalue weighted by Gasteiger charge is 2.21. The minimum absolute atomic E-state index is 0.0557. The van der Waals surface area contributed by atoms with Gasteiger partial charge in [0.25, 0.3) is 0 Å². The molecule has 2 rings (SSSR count). The first kappa shape index (κ1) is 13.6. The first-order valence-electron chi connectivity index (χ1n) is 6.51. The average Bonchev–Trinajstić information content (AvgIpc) is 2.76. The van der Waals surface area contributed by atoms with E-state index in [0.29, 0.717) is 6.54 Å². The maximum Gasteiger partial charge on any atom is 0.225 e. The van der Waals surface area contributed by atoms with Crippen LogP contribution >= 0.6 is 0 Å². The van der Waals surface area contributed by atoms with Crippen LogP contribution in [-0.4, -0.2) is 15.9 Å². The molecule has 1 aromatic heterocycles. The van der Waals surface area contributed by atoms with Crippen LogP contribution in [0.25, 0.3) is 11.0 Å². The Labute approximate surface area is 113 Å². The summed E-state index contributed by atoms with van der Waals surface area (Å²) in [6.45, 7) is 10.4. The second kappa shape index (κ2) is 4.68. The molecule has 0 radical (unpaired) electrons. The number of nitrogens with one attached hydrogen (secondary N) is 2. The van der Waals surface area contributed by atoms with Gasteiger partial charge in [-0.05, 0) is 30.5 Å². The van der Waals surface area contributed by atoms with Gasteiger partial charge < -0.3 is 10.3 Å². The summed E-state index contributed by atoms with van der Waals surface area (Å²) in [5.74, 6) is 0.0557. The Bertz CT molecular complexity index is 620. The fourth-order valence-electron chi connectivity index (χ4n) is 2.16. The zero-order chi connectivity index (χ0) is 14.2. The summed E-state index contributed by atoms with van der Waals surface area (Å²) >= 11 is 0. The van der Waals surface area contributed by atoms with Crippen molar-refractivity contribution in [3.8, 4) is 0 Å². The van der Waals surface area contributed by atoms with E-state index in [1.54, 1.807) is 6.33 Å². The molecule has 0 aliphatic rings. The number of carbonyl (C=O) groups excluding carboxylic acids is 1. The molecule has 2 aromatic rings. The topological polar surface area (TPSA) is 57.8 Å². The summed E-state index contributed by atoms with van der Waals surface area (Å²) in [6, 6.07) is 2.11. The Kier molecular flexibility index (Phi) is 3.35. The number of hydrogen-bond acceptors (Lipinski definition) is 2. The van der Waals surface area contributed by atoms with Crippen molar-refractivity contribution in [2.24, 2.45) is 5.41 Å². The molecular weight excluding hydrogens is 238 g/mol. The predicted molar refractivity (Wildman–Crippen MR) is 76.9 cm³/mol. The molecule has 2 N–H and O–H groups in total. The van der Waals surface area contributed by atoms with Gasteiger partial charge in [-0.2, -0.15) is 0 Å². The lowest BCUT2D eigenvalue weighted by atomic mass is 9.95. The van der Waals surface area contributed by atoms with Gasteiger partial charge in [0.1, 0.15) is 0 Å². The van der Waals surface area contributed by atoms with Crippen LogP contribution in [0.3, 0.4) is 0 Å². The summed E-state index contributed by atoms with van der Waals surface area (Å²) in [5.41, 5.74) is 5.06. The Hall–Kier alpha value is -1.84. The number of nitrogens with zero attached hydrogens (tertiary/aromatic N) is 1. The minimum atomic E-state index is -0.369. The maximum atomic E-state index is 12.0. The number of imidazole rings is 1. The molecule has 19 heavy (non-hydrogen) atoms. The lowest BCUT2D eigenvalue weighted by molar-refractivity contribution is -0.128. The van der Waals surface area contributed by atoms with E-state index < -0.39 is 0 Å². The van der Waals surface area contributed by atoms with Crippen molar-refractivity contribution >= 4 is 16.9 Å². The Morgan fingerprint density at radius 3 is 2.63 bits per heavy atom. The van der Waals surface area contributed by atoms with Gasteiger partial charge in [-0.25, -0.2) is 4.98 Å². The van der Waals surface area contributed by atoms with Crippen molar-refractivity contribution in [2.75, 3.05) is 0 Å². The third-order valence-corrected chi connectivity index (χ3v) is 3.33. The van der Waals surface area contributed by atoms with Crippen LogP contribution < -0.4 is 5.32 Å². The number of aromatic amines is 1. The Balaban J connectivity index is 2.31. The first-order chi connectivity index (χ1) is 8.80. The number of amides is 1. The van der Waals surface area contributed by atoms with Crippen molar-refractivity contribution in [2.45, 2.75) is 41.2 Å². The zero-order valence-electron chi connectivity index (χ0n) is 12.2. The number of hydrogen-bond donors (Lipinski definition) is 2. The maximum absolute atomic E-state index is 12.0. The molecule has 0 atom stereocenters. The fraction of sp³-hybridized carbons (Fsp3) is 0.467. The van der Waals surface area contributed by atoms with Crippen LogP contribution in [0.5, 0.6) is 0 Å². The molecule has 0 aliphatic carbocycles. The molecule has 0 unspecified atom stereocenters. The Morgan fingerprint density at radius 1 is 1.32 bits per heavy atom. The summed E-state index contributed by atoms with van der Waals surface area (Å²) in [5, 5.41) is 2.99. The van der Waals surface area contributed by atoms with Crippen LogP contribution in [-0.2, 0) is 11.3 Å². The van der Waals surface area contributed by atoms with Gasteiger partial charge in [-0.3, -0.25) is 4.79 Å². The standard InChI is InChI=1S/C15H21N3O/c1-9-6-10(2)12-13(18-8-17-12)11(9)7-16-14(19)15(3,4)5/h6,8H,7H2,1-5H3,(H,16,19)(H,17,18). The van der Waals surface area contributed by atoms with E-state index in [2.05, 4.69) is 28.3 Å². The van der Waals surface area contributed by atoms with Gasteiger partial charge in [0, 0.05) is 12.0 Å². The second-order valence-electron chi connectivity index (χ2n) is 6.05. The third kappa shape index (κ3) is 2.62. The summed E-state index contributed by atoms with van der Waals surface area (Å²) < 4.78 is 0. The number of aryl methyl sites for hydroxylation is 2. The molecular formula is C15H21N3O. The summed E-state index contributed by atoms with van der Waals surface area (Å²) in [6.07, 6.45) is 1.70. The highest BCUT2D eigenvalue weighted by molar-refractivity contribution is 5.85. The summed E-state index contributed by atoms with van der Waals surface area (Å²) in [7, 11) is 0. The van der Waals surface area contributed by atoms with Crippen molar-refractivity contribution in [1.82, 2.24) is 15.3 Å². The van der Waals surface area contributed by atoms with Gasteiger partial charge >= 0.3 is 0 Å². The number of H-pyrrole nitrogens is 1. The van der Waals surface area contributed by atoms with Gasteiger partial charge in [-0.1, -0.05) is 26.8 Å². The van der Waals surface area contributed by atoms with E-state index in [4.69, 9.17) is 0 Å². The summed E-state index contributed by atoms with van der Waals surface area (Å²) in [4.78, 5) is 19.5. The van der Waals surface area contributed by atoms with E-state index in [9.17, 15) is 4.79 Å². The third-order valence-electron chi connectivity index (χ3n) is 3.33. The van der Waals surface area contributed by atoms with Crippen molar-refractivity contribution in [3.05, 3.63) is 29.1 Å². The van der Waals surface area contributed by atoms with Gasteiger partial charge in [0.2, 0.25) is 5.91 Å². The number of benzene rings is 1. The van der Waals surface area contributed by atoms with E-state index in [-0.39, 0.29) is 11.3 Å². The van der Waals surface area contributed by atoms with E-state index >= 15 is 0 Å². The highest BCUT2D eigenvalue weighted by atomic mass is 16.2. The fourth-order valence-corrected chi connectivity index (χ4v) is 2.16. The molecule has 4 heteroatoms. The average molecular weight is 259 g/mol. The Morgan fingerprint density at radius 2 is 2.00 bits per heavy atom. The molecule has 0 fully saturated rings. The molecule has 4 nitrogen and oxygen atoms in total. The number of aromatic nitrogens is 2. The van der Waals surface area contributed by atoms with E-state index in [1.807, 2.05) is 27.7 Å². The lowest BCUT2D eigenvalue weighted by Gasteiger charge is -2.18. The molecule has 0 saturated heterocycles. The molecule has 1 amide bonds.